The van der Waals surface area contributed by atoms with E-state index in [4.69, 9.17) is 4.74 Å². The number of fused-ring (bicyclic) bond motifs is 1. The minimum absolute atomic E-state index is 0.0488. The maximum absolute atomic E-state index is 14.3. The highest BCUT2D eigenvalue weighted by atomic mass is 19.1. The molecule has 2 heterocycles. The van der Waals surface area contributed by atoms with E-state index < -0.39 is 23.4 Å². The largest absolute Gasteiger partial charge is 0.378 e. The van der Waals surface area contributed by atoms with Crippen LogP contribution >= 0.6 is 0 Å². The number of carbonyl (C=O) groups excluding carboxylic acids is 2. The predicted octanol–water partition coefficient (Wildman–Crippen LogP) is 4.62. The summed E-state index contributed by atoms with van der Waals surface area (Å²) in [5.41, 5.74) is 1.81. The van der Waals surface area contributed by atoms with Gasteiger partial charge in [-0.25, -0.2) is 18.6 Å². The van der Waals surface area contributed by atoms with Crippen molar-refractivity contribution in [2.75, 3.05) is 41.8 Å². The average molecular weight is 489 g/mol. The molecule has 0 atom stereocenters. The van der Waals surface area contributed by atoms with Crippen LogP contribution in [0.3, 0.4) is 0 Å². The molecule has 1 fully saturated rings. The first-order valence-corrected chi connectivity index (χ1v) is 11.2. The molecule has 1 aliphatic heterocycles. The number of hydrogen-bond donors (Lipinski definition) is 2. The molecule has 36 heavy (non-hydrogen) atoms. The number of hydrogen-bond acceptors (Lipinski definition) is 6. The van der Waals surface area contributed by atoms with Crippen molar-refractivity contribution in [3.05, 3.63) is 89.6 Å². The fourth-order valence-corrected chi connectivity index (χ4v) is 3.91. The lowest BCUT2D eigenvalue weighted by atomic mass is 10.0. The highest BCUT2D eigenvalue weighted by Gasteiger charge is 2.16. The smallest absolute Gasteiger partial charge is 0.323 e. The van der Waals surface area contributed by atoms with Crippen molar-refractivity contribution in [1.29, 1.82) is 0 Å². The van der Waals surface area contributed by atoms with Gasteiger partial charge in [-0.1, -0.05) is 6.07 Å². The zero-order chi connectivity index (χ0) is 25.1. The molecular weight excluding hydrogens is 468 g/mol. The van der Waals surface area contributed by atoms with Crippen molar-refractivity contribution in [2.24, 2.45) is 0 Å². The standard InChI is InChI=1S/C26H21F2N5O3/c27-18-2-1-3-20(13-18)30-26(35)31-21-11-17(10-19(28)14-21)25(34)16-4-5-22-23(12-16)32-24(15-29-22)33-6-8-36-9-7-33/h1-5,10-15H,6-9H2,(H2,30,31,35). The van der Waals surface area contributed by atoms with Crippen molar-refractivity contribution in [3.63, 3.8) is 0 Å². The van der Waals surface area contributed by atoms with Crippen LogP contribution < -0.4 is 15.5 Å². The van der Waals surface area contributed by atoms with Crippen LogP contribution in [0.25, 0.3) is 11.0 Å². The van der Waals surface area contributed by atoms with Gasteiger partial charge in [0, 0.05) is 35.6 Å². The molecule has 0 aliphatic carbocycles. The van der Waals surface area contributed by atoms with E-state index in [1.807, 2.05) is 0 Å². The molecule has 0 saturated carbocycles. The molecule has 3 aromatic carbocycles. The van der Waals surface area contributed by atoms with Gasteiger partial charge in [-0.05, 0) is 54.6 Å². The molecule has 0 radical (unpaired) electrons. The van der Waals surface area contributed by atoms with Gasteiger partial charge < -0.3 is 20.3 Å². The van der Waals surface area contributed by atoms with Gasteiger partial charge >= 0.3 is 6.03 Å². The second kappa shape index (κ2) is 10.0. The Bertz CT molecular complexity index is 1460. The van der Waals surface area contributed by atoms with E-state index >= 15 is 0 Å². The molecule has 2 amide bonds. The van der Waals surface area contributed by atoms with Crippen molar-refractivity contribution >= 4 is 40.0 Å². The highest BCUT2D eigenvalue weighted by Crippen LogP contribution is 2.22. The Morgan fingerprint density at radius 1 is 0.833 bits per heavy atom. The molecule has 0 spiro atoms. The molecule has 10 heteroatoms. The van der Waals surface area contributed by atoms with Gasteiger partial charge in [0.25, 0.3) is 0 Å². The summed E-state index contributed by atoms with van der Waals surface area (Å²) in [5.74, 6) is -0.957. The van der Waals surface area contributed by atoms with Crippen LogP contribution in [0.5, 0.6) is 0 Å². The monoisotopic (exact) mass is 489 g/mol. The van der Waals surface area contributed by atoms with Gasteiger partial charge in [0.2, 0.25) is 0 Å². The minimum atomic E-state index is -0.707. The summed E-state index contributed by atoms with van der Waals surface area (Å²) < 4.78 is 33.0. The van der Waals surface area contributed by atoms with Crippen LogP contribution in [0.1, 0.15) is 15.9 Å². The summed E-state index contributed by atoms with van der Waals surface area (Å²) in [6, 6.07) is 13.1. The number of morpholine rings is 1. The second-order valence-corrected chi connectivity index (χ2v) is 8.18. The van der Waals surface area contributed by atoms with Gasteiger partial charge in [-0.15, -0.1) is 0 Å². The first-order chi connectivity index (χ1) is 17.4. The average Bonchev–Trinajstić information content (AvgIpc) is 2.87. The number of anilines is 3. The van der Waals surface area contributed by atoms with E-state index in [2.05, 4.69) is 25.5 Å². The third-order valence-corrected chi connectivity index (χ3v) is 5.63. The molecule has 8 nitrogen and oxygen atoms in total. The quantitative estimate of drug-likeness (QED) is 0.397. The Kier molecular flexibility index (Phi) is 6.50. The molecule has 1 aliphatic rings. The van der Waals surface area contributed by atoms with Gasteiger partial charge in [0.1, 0.15) is 17.5 Å². The molecule has 1 aromatic heterocycles. The van der Waals surface area contributed by atoms with E-state index in [-0.39, 0.29) is 16.9 Å². The van der Waals surface area contributed by atoms with Gasteiger partial charge in [-0.2, -0.15) is 0 Å². The lowest BCUT2D eigenvalue weighted by molar-refractivity contribution is 0.103. The van der Waals surface area contributed by atoms with Crippen molar-refractivity contribution < 1.29 is 23.1 Å². The fourth-order valence-electron chi connectivity index (χ4n) is 3.91. The summed E-state index contributed by atoms with van der Waals surface area (Å²) in [6.07, 6.45) is 1.69. The Morgan fingerprint density at radius 3 is 2.42 bits per heavy atom. The van der Waals surface area contributed by atoms with E-state index in [0.29, 0.717) is 48.7 Å². The number of halogens is 2. The summed E-state index contributed by atoms with van der Waals surface area (Å²) in [7, 11) is 0. The summed E-state index contributed by atoms with van der Waals surface area (Å²) in [4.78, 5) is 36.6. The molecule has 1 saturated heterocycles. The molecule has 5 rings (SSSR count). The highest BCUT2D eigenvalue weighted by molar-refractivity contribution is 6.11. The number of benzene rings is 3. The fraction of sp³-hybridized carbons (Fsp3) is 0.154. The van der Waals surface area contributed by atoms with Gasteiger partial charge in [-0.3, -0.25) is 9.78 Å². The van der Waals surface area contributed by atoms with Gasteiger partial charge in [0.15, 0.2) is 5.78 Å². The first kappa shape index (κ1) is 23.3. The lowest BCUT2D eigenvalue weighted by Crippen LogP contribution is -2.36. The van der Waals surface area contributed by atoms with Crippen LogP contribution in [0.15, 0.2) is 66.9 Å². The van der Waals surface area contributed by atoms with Crippen molar-refractivity contribution in [3.8, 4) is 0 Å². The zero-order valence-corrected chi connectivity index (χ0v) is 19.0. The maximum atomic E-state index is 14.3. The number of aromatic nitrogens is 2. The molecule has 182 valence electrons. The Morgan fingerprint density at radius 2 is 1.61 bits per heavy atom. The number of nitrogens with zero attached hydrogens (tertiary/aromatic N) is 3. The molecule has 0 bridgehead atoms. The third-order valence-electron chi connectivity index (χ3n) is 5.63. The van der Waals surface area contributed by atoms with Crippen molar-refractivity contribution in [1.82, 2.24) is 9.97 Å². The first-order valence-electron chi connectivity index (χ1n) is 11.2. The Hall–Kier alpha value is -4.44. The number of ketones is 1. The summed E-state index contributed by atoms with van der Waals surface area (Å²) in [5, 5.41) is 4.93. The van der Waals surface area contributed by atoms with Crippen LogP contribution in [0.2, 0.25) is 0 Å². The molecule has 4 aromatic rings. The predicted molar refractivity (Wildman–Crippen MR) is 131 cm³/mol. The Labute approximate surface area is 204 Å². The maximum Gasteiger partial charge on any atom is 0.323 e. The SMILES string of the molecule is O=C(Nc1cccc(F)c1)Nc1cc(F)cc(C(=O)c2ccc3ncc(N4CCOCC4)nc3c2)c1. The third kappa shape index (κ3) is 5.28. The Balaban J connectivity index is 1.36. The summed E-state index contributed by atoms with van der Waals surface area (Å²) in [6.45, 7) is 2.61. The lowest BCUT2D eigenvalue weighted by Gasteiger charge is -2.27. The zero-order valence-electron chi connectivity index (χ0n) is 19.0. The minimum Gasteiger partial charge on any atom is -0.378 e. The van der Waals surface area contributed by atoms with E-state index in [1.165, 1.54) is 24.3 Å². The van der Waals surface area contributed by atoms with E-state index in [0.717, 1.165) is 18.2 Å². The summed E-state index contributed by atoms with van der Waals surface area (Å²) >= 11 is 0. The normalized spacial score (nSPS) is 13.4. The van der Waals surface area contributed by atoms with E-state index in [1.54, 1.807) is 24.4 Å². The van der Waals surface area contributed by atoms with Crippen LogP contribution in [0.4, 0.5) is 30.8 Å². The number of nitrogens with one attached hydrogen (secondary N) is 2. The number of amides is 2. The van der Waals surface area contributed by atoms with Crippen LogP contribution in [-0.4, -0.2) is 48.1 Å². The van der Waals surface area contributed by atoms with Crippen molar-refractivity contribution in [2.45, 2.75) is 0 Å². The van der Waals surface area contributed by atoms with Crippen LogP contribution in [-0.2, 0) is 4.74 Å². The number of carbonyl (C=O) groups is 2. The van der Waals surface area contributed by atoms with Crippen LogP contribution in [0, 0.1) is 11.6 Å². The molecule has 2 N–H and O–H groups in total. The number of urea groups is 1. The second-order valence-electron chi connectivity index (χ2n) is 8.18. The number of ether oxygens (including phenoxy) is 1. The number of rotatable bonds is 5. The van der Waals surface area contributed by atoms with Gasteiger partial charge in [0.05, 0.1) is 30.4 Å². The topological polar surface area (TPSA) is 96.5 Å². The molecule has 0 unspecified atom stereocenters. The van der Waals surface area contributed by atoms with E-state index in [9.17, 15) is 18.4 Å². The molecular formula is C26H21F2N5O3.